The normalized spacial score (nSPS) is 9.38. The minimum absolute atomic E-state index is 1.04. The van der Waals surface area contributed by atoms with Gasteiger partial charge in [-0.05, 0) is 6.42 Å². The maximum absolute atomic E-state index is 3.49. The van der Waals surface area contributed by atoms with E-state index in [4.69, 9.17) is 0 Å². The summed E-state index contributed by atoms with van der Waals surface area (Å²) in [5.41, 5.74) is 0. The highest BCUT2D eigenvalue weighted by molar-refractivity contribution is 5.00. The van der Waals surface area contributed by atoms with Crippen molar-refractivity contribution in [2.45, 2.75) is 64.7 Å². The smallest absolute Gasteiger partial charge is 0.0198 e. The fourth-order valence-corrected chi connectivity index (χ4v) is 1.44. The first-order chi connectivity index (χ1) is 6.41. The van der Waals surface area contributed by atoms with Crippen LogP contribution >= 0.6 is 0 Å². The van der Waals surface area contributed by atoms with Gasteiger partial charge in [-0.2, -0.15) is 0 Å². The largest absolute Gasteiger partial charge is 0.103 e. The summed E-state index contributed by atoms with van der Waals surface area (Å²) < 4.78 is 0. The summed E-state index contributed by atoms with van der Waals surface area (Å²) in [6.45, 7) is 5.75. The number of rotatable bonds is 8. The molecule has 0 unspecified atom stereocenters. The van der Waals surface area contributed by atoms with Crippen molar-refractivity contribution in [3.63, 3.8) is 0 Å². The summed E-state index contributed by atoms with van der Waals surface area (Å²) in [5, 5.41) is 0. The molecule has 0 aromatic carbocycles. The molecule has 0 aromatic rings. The van der Waals surface area contributed by atoms with Crippen LogP contribution in [0.15, 0.2) is 0 Å². The Bertz CT molecular complexity index is 136. The molecule has 0 rings (SSSR count). The number of hydrogen-bond acceptors (Lipinski definition) is 0. The van der Waals surface area contributed by atoms with E-state index in [2.05, 4.69) is 25.7 Å². The first-order valence-corrected chi connectivity index (χ1v) is 5.66. The van der Waals surface area contributed by atoms with Crippen LogP contribution in [0.4, 0.5) is 0 Å². The molecule has 0 heteroatoms. The van der Waals surface area contributed by atoms with Crippen molar-refractivity contribution in [2.75, 3.05) is 0 Å². The summed E-state index contributed by atoms with van der Waals surface area (Å²) in [5.74, 6) is 5.68. The summed E-state index contributed by atoms with van der Waals surface area (Å²) >= 11 is 0. The van der Waals surface area contributed by atoms with Gasteiger partial charge in [-0.1, -0.05) is 51.9 Å². The lowest BCUT2D eigenvalue weighted by atomic mass is 10.1. The fourth-order valence-electron chi connectivity index (χ4n) is 1.44. The van der Waals surface area contributed by atoms with Crippen molar-refractivity contribution < 1.29 is 0 Å². The van der Waals surface area contributed by atoms with Gasteiger partial charge in [0.05, 0.1) is 0 Å². The van der Waals surface area contributed by atoms with E-state index in [9.17, 15) is 0 Å². The Morgan fingerprint density at radius 3 is 1.92 bits per heavy atom. The lowest BCUT2D eigenvalue weighted by Crippen LogP contribution is -1.79. The van der Waals surface area contributed by atoms with E-state index in [1.807, 2.05) is 0 Å². The molecule has 0 fully saturated rings. The van der Waals surface area contributed by atoms with E-state index in [1.165, 1.54) is 51.4 Å². The van der Waals surface area contributed by atoms with E-state index in [0.29, 0.717) is 0 Å². The molecule has 1 radical (unpaired) electrons. The molecule has 0 saturated carbocycles. The average molecular weight is 179 g/mol. The van der Waals surface area contributed by atoms with Crippen LogP contribution in [0.5, 0.6) is 0 Å². The highest BCUT2D eigenvalue weighted by atomic mass is 14.0. The van der Waals surface area contributed by atoms with E-state index in [0.717, 1.165) is 6.42 Å². The van der Waals surface area contributed by atoms with Crippen molar-refractivity contribution in [1.82, 2.24) is 0 Å². The van der Waals surface area contributed by atoms with Gasteiger partial charge in [0.25, 0.3) is 0 Å². The molecule has 0 nitrogen and oxygen atoms in total. The van der Waals surface area contributed by atoms with Gasteiger partial charge in [-0.3, -0.25) is 0 Å². The maximum atomic E-state index is 3.49. The highest BCUT2D eigenvalue weighted by Gasteiger charge is 1.89. The fraction of sp³-hybridized carbons (Fsp3) is 0.769. The molecular formula is C13H23. The first-order valence-electron chi connectivity index (χ1n) is 5.66. The molecule has 0 bridgehead atoms. The van der Waals surface area contributed by atoms with Gasteiger partial charge < -0.3 is 0 Å². The Balaban J connectivity index is 2.86. The monoisotopic (exact) mass is 179 g/mol. The Morgan fingerprint density at radius 2 is 1.38 bits per heavy atom. The molecule has 0 amide bonds. The van der Waals surface area contributed by atoms with Crippen molar-refractivity contribution >= 4 is 0 Å². The molecule has 0 atom stereocenters. The minimum Gasteiger partial charge on any atom is -0.103 e. The summed E-state index contributed by atoms with van der Waals surface area (Å²) in [7, 11) is 0. The van der Waals surface area contributed by atoms with Gasteiger partial charge in [0.2, 0.25) is 0 Å². The molecule has 0 aliphatic carbocycles. The topological polar surface area (TPSA) is 0 Å². The molecule has 0 heterocycles. The predicted molar refractivity (Wildman–Crippen MR) is 60.4 cm³/mol. The molecular weight excluding hydrogens is 156 g/mol. The zero-order valence-electron chi connectivity index (χ0n) is 9.07. The third kappa shape index (κ3) is 11.6. The third-order valence-corrected chi connectivity index (χ3v) is 2.28. The predicted octanol–water partition coefficient (Wildman–Crippen LogP) is 4.35. The van der Waals surface area contributed by atoms with Crippen LogP contribution in [-0.2, 0) is 0 Å². The van der Waals surface area contributed by atoms with Crippen molar-refractivity contribution in [3.8, 4) is 11.8 Å². The Kier molecular flexibility index (Phi) is 11.2. The Labute approximate surface area is 84.1 Å². The van der Waals surface area contributed by atoms with E-state index < -0.39 is 0 Å². The summed E-state index contributed by atoms with van der Waals surface area (Å²) in [4.78, 5) is 0. The van der Waals surface area contributed by atoms with Crippen LogP contribution in [-0.4, -0.2) is 0 Å². The maximum Gasteiger partial charge on any atom is 0.0198 e. The minimum atomic E-state index is 1.04. The van der Waals surface area contributed by atoms with Crippen LogP contribution in [0.2, 0.25) is 0 Å². The lowest BCUT2D eigenvalue weighted by Gasteiger charge is -1.98. The summed E-state index contributed by atoms with van der Waals surface area (Å²) in [6.07, 6.45) is 12.1. The molecule has 0 saturated heterocycles. The SMILES string of the molecule is [CH2]C#CCCCCCCCCCC. The molecule has 0 aliphatic heterocycles. The molecule has 75 valence electrons. The van der Waals surface area contributed by atoms with Gasteiger partial charge >= 0.3 is 0 Å². The van der Waals surface area contributed by atoms with Crippen LogP contribution in [0.1, 0.15) is 64.7 Å². The molecule has 0 N–H and O–H groups in total. The quantitative estimate of drug-likeness (QED) is 0.384. The Hall–Kier alpha value is -0.440. The van der Waals surface area contributed by atoms with Crippen LogP contribution in [0, 0.1) is 18.8 Å². The highest BCUT2D eigenvalue weighted by Crippen LogP contribution is 2.08. The second-order valence-corrected chi connectivity index (χ2v) is 3.58. The zero-order chi connectivity index (χ0) is 9.78. The van der Waals surface area contributed by atoms with Crippen molar-refractivity contribution in [2.24, 2.45) is 0 Å². The van der Waals surface area contributed by atoms with E-state index in [1.54, 1.807) is 0 Å². The van der Waals surface area contributed by atoms with Crippen molar-refractivity contribution in [3.05, 3.63) is 6.92 Å². The van der Waals surface area contributed by atoms with Gasteiger partial charge in [0, 0.05) is 13.3 Å². The van der Waals surface area contributed by atoms with Gasteiger partial charge in [0.1, 0.15) is 0 Å². The molecule has 13 heavy (non-hydrogen) atoms. The van der Waals surface area contributed by atoms with Gasteiger partial charge in [-0.25, -0.2) is 0 Å². The summed E-state index contributed by atoms with van der Waals surface area (Å²) in [6, 6.07) is 0. The average Bonchev–Trinajstić information content (AvgIpc) is 2.16. The first kappa shape index (κ1) is 12.6. The van der Waals surface area contributed by atoms with E-state index in [-0.39, 0.29) is 0 Å². The molecule has 0 spiro atoms. The second-order valence-electron chi connectivity index (χ2n) is 3.58. The standard InChI is InChI=1S/C13H23/c1-3-5-7-9-11-13-12-10-8-6-4-2/h1,4,6-13H2,2H3. The second kappa shape index (κ2) is 11.6. The lowest BCUT2D eigenvalue weighted by molar-refractivity contribution is 0.579. The Morgan fingerprint density at radius 1 is 0.846 bits per heavy atom. The third-order valence-electron chi connectivity index (χ3n) is 2.28. The van der Waals surface area contributed by atoms with E-state index >= 15 is 0 Å². The molecule has 0 aliphatic rings. The zero-order valence-corrected chi connectivity index (χ0v) is 9.07. The number of unbranched alkanes of at least 4 members (excludes halogenated alkanes) is 8. The van der Waals surface area contributed by atoms with Crippen LogP contribution in [0.25, 0.3) is 0 Å². The van der Waals surface area contributed by atoms with Crippen molar-refractivity contribution in [1.29, 1.82) is 0 Å². The van der Waals surface area contributed by atoms with Gasteiger partial charge in [-0.15, -0.1) is 11.8 Å². The van der Waals surface area contributed by atoms with Crippen LogP contribution < -0.4 is 0 Å². The van der Waals surface area contributed by atoms with Crippen LogP contribution in [0.3, 0.4) is 0 Å². The molecule has 0 aromatic heterocycles. The van der Waals surface area contributed by atoms with Gasteiger partial charge in [0.15, 0.2) is 0 Å². The number of hydrogen-bond donors (Lipinski definition) is 0.